The molecule has 1 atom stereocenters. The second-order valence-corrected chi connectivity index (χ2v) is 6.54. The zero-order valence-corrected chi connectivity index (χ0v) is 15.3. The summed E-state index contributed by atoms with van der Waals surface area (Å²) in [5, 5.41) is 0. The molecule has 0 amide bonds. The molecule has 0 radical (unpaired) electrons. The van der Waals surface area contributed by atoms with Gasteiger partial charge in [-0.05, 0) is 35.1 Å². The normalized spacial score (nSPS) is 12.3. The second-order valence-electron chi connectivity index (χ2n) is 6.54. The first kappa shape index (κ1) is 18.9. The summed E-state index contributed by atoms with van der Waals surface area (Å²) in [7, 11) is 0. The Bertz CT molecular complexity index is 753. The van der Waals surface area contributed by atoms with E-state index in [4.69, 9.17) is 0 Å². The maximum atomic E-state index is 14.5. The Morgan fingerprint density at radius 1 is 1.08 bits per heavy atom. The first-order valence-electron chi connectivity index (χ1n) is 8.94. The molecule has 2 aromatic rings. The molecule has 0 spiro atoms. The van der Waals surface area contributed by atoms with Gasteiger partial charge in [0.1, 0.15) is 5.82 Å². The van der Waals surface area contributed by atoms with E-state index >= 15 is 0 Å². The Hall–Kier alpha value is -2.41. The highest BCUT2D eigenvalue weighted by molar-refractivity contribution is 5.75. The number of rotatable bonds is 8. The van der Waals surface area contributed by atoms with E-state index < -0.39 is 0 Å². The van der Waals surface area contributed by atoms with Gasteiger partial charge in [-0.2, -0.15) is 0 Å². The number of hydrogen-bond acceptors (Lipinski definition) is 0. The molecule has 1 unspecified atom stereocenters. The highest BCUT2D eigenvalue weighted by Crippen LogP contribution is 2.26. The van der Waals surface area contributed by atoms with E-state index in [0.29, 0.717) is 11.5 Å². The van der Waals surface area contributed by atoms with Crippen molar-refractivity contribution in [2.24, 2.45) is 5.92 Å². The van der Waals surface area contributed by atoms with E-state index in [1.807, 2.05) is 54.6 Å². The Balaban J connectivity index is 2.09. The highest BCUT2D eigenvalue weighted by Gasteiger charge is 2.07. The van der Waals surface area contributed by atoms with Crippen LogP contribution in [0.15, 0.2) is 79.4 Å². The molecule has 2 aromatic carbocycles. The Kier molecular flexibility index (Phi) is 6.94. The fourth-order valence-electron chi connectivity index (χ4n) is 2.73. The van der Waals surface area contributed by atoms with Gasteiger partial charge in [0.25, 0.3) is 0 Å². The van der Waals surface area contributed by atoms with Gasteiger partial charge >= 0.3 is 0 Å². The molecule has 0 bridgehead atoms. The topological polar surface area (TPSA) is 0 Å². The van der Waals surface area contributed by atoms with Gasteiger partial charge in [-0.1, -0.05) is 100 Å². The molecule has 0 saturated carbocycles. The Labute approximate surface area is 151 Å². The van der Waals surface area contributed by atoms with Crippen molar-refractivity contribution in [3.63, 3.8) is 0 Å². The quantitative estimate of drug-likeness (QED) is 0.440. The van der Waals surface area contributed by atoms with Crippen molar-refractivity contribution >= 4 is 5.57 Å². The third-order valence-corrected chi connectivity index (χ3v) is 4.55. The van der Waals surface area contributed by atoms with E-state index in [1.54, 1.807) is 6.07 Å². The van der Waals surface area contributed by atoms with Crippen LogP contribution in [0, 0.1) is 11.7 Å². The molecule has 130 valence electrons. The predicted octanol–water partition coefficient (Wildman–Crippen LogP) is 7.44. The molecular weight excluding hydrogens is 307 g/mol. The van der Waals surface area contributed by atoms with Crippen molar-refractivity contribution in [3.05, 3.63) is 90.8 Å². The molecule has 25 heavy (non-hydrogen) atoms. The minimum Gasteiger partial charge on any atom is -0.206 e. The number of hydrogen-bond donors (Lipinski definition) is 0. The maximum Gasteiger partial charge on any atom is 0.131 e. The average Bonchev–Trinajstić information content (AvgIpc) is 2.64. The summed E-state index contributed by atoms with van der Waals surface area (Å²) in [5.41, 5.74) is 4.17. The standard InChI is InChI=1S/C24H27F/c1-5-6-10-18(2)19(3)13-14-20(4)22-15-16-23(24(25)17-22)21-11-8-7-9-12-21/h7-9,11-18H,3-6,10H2,1-2H3/b14-13-. The molecule has 0 aromatic heterocycles. The van der Waals surface area contributed by atoms with Crippen molar-refractivity contribution in [3.8, 4) is 11.1 Å². The number of benzene rings is 2. The van der Waals surface area contributed by atoms with Crippen molar-refractivity contribution in [1.29, 1.82) is 0 Å². The number of allylic oxidation sites excluding steroid dienone is 4. The summed E-state index contributed by atoms with van der Waals surface area (Å²) >= 11 is 0. The van der Waals surface area contributed by atoms with Gasteiger partial charge in [-0.15, -0.1) is 0 Å². The molecule has 0 N–H and O–H groups in total. The largest absolute Gasteiger partial charge is 0.206 e. The van der Waals surface area contributed by atoms with Crippen molar-refractivity contribution in [2.75, 3.05) is 0 Å². The smallest absolute Gasteiger partial charge is 0.131 e. The van der Waals surface area contributed by atoms with Crippen LogP contribution in [-0.4, -0.2) is 0 Å². The van der Waals surface area contributed by atoms with E-state index in [1.165, 1.54) is 12.8 Å². The van der Waals surface area contributed by atoms with E-state index in [9.17, 15) is 4.39 Å². The van der Waals surface area contributed by atoms with Crippen LogP contribution >= 0.6 is 0 Å². The molecule has 0 saturated heterocycles. The monoisotopic (exact) mass is 334 g/mol. The predicted molar refractivity (Wildman–Crippen MR) is 108 cm³/mol. The lowest BCUT2D eigenvalue weighted by molar-refractivity contribution is 0.582. The highest BCUT2D eigenvalue weighted by atomic mass is 19.1. The fraction of sp³-hybridized carbons (Fsp3) is 0.250. The first-order valence-corrected chi connectivity index (χ1v) is 8.94. The van der Waals surface area contributed by atoms with E-state index in [-0.39, 0.29) is 5.82 Å². The zero-order chi connectivity index (χ0) is 18.2. The number of unbranched alkanes of at least 4 members (excludes halogenated alkanes) is 1. The minimum absolute atomic E-state index is 0.228. The van der Waals surface area contributed by atoms with Crippen LogP contribution in [-0.2, 0) is 0 Å². The van der Waals surface area contributed by atoms with Gasteiger partial charge in [0.05, 0.1) is 0 Å². The van der Waals surface area contributed by atoms with Crippen LogP contribution in [0.4, 0.5) is 4.39 Å². The van der Waals surface area contributed by atoms with Gasteiger partial charge in [-0.3, -0.25) is 0 Å². The lowest BCUT2D eigenvalue weighted by atomic mass is 9.95. The van der Waals surface area contributed by atoms with Crippen molar-refractivity contribution in [1.82, 2.24) is 0 Å². The first-order chi connectivity index (χ1) is 12.0. The molecule has 0 aliphatic rings. The van der Waals surface area contributed by atoms with Crippen LogP contribution in [0.25, 0.3) is 16.7 Å². The lowest BCUT2D eigenvalue weighted by Crippen LogP contribution is -1.96. The summed E-state index contributed by atoms with van der Waals surface area (Å²) in [5.74, 6) is 0.231. The van der Waals surface area contributed by atoms with Crippen LogP contribution in [0.5, 0.6) is 0 Å². The van der Waals surface area contributed by atoms with Gasteiger partial charge in [-0.25, -0.2) is 4.39 Å². The molecule has 0 nitrogen and oxygen atoms in total. The zero-order valence-electron chi connectivity index (χ0n) is 15.3. The lowest BCUT2D eigenvalue weighted by Gasteiger charge is -2.11. The third kappa shape index (κ3) is 5.29. The maximum absolute atomic E-state index is 14.5. The number of halogens is 1. The van der Waals surface area contributed by atoms with Crippen molar-refractivity contribution in [2.45, 2.75) is 33.1 Å². The summed E-state index contributed by atoms with van der Waals surface area (Å²) in [6.07, 6.45) is 7.49. The Morgan fingerprint density at radius 3 is 2.44 bits per heavy atom. The second kappa shape index (κ2) is 9.17. The molecule has 0 aliphatic heterocycles. The van der Waals surface area contributed by atoms with Gasteiger partial charge in [0.2, 0.25) is 0 Å². The van der Waals surface area contributed by atoms with Crippen LogP contribution < -0.4 is 0 Å². The summed E-state index contributed by atoms with van der Waals surface area (Å²) in [4.78, 5) is 0. The minimum atomic E-state index is -0.228. The summed E-state index contributed by atoms with van der Waals surface area (Å²) in [6.45, 7) is 12.6. The van der Waals surface area contributed by atoms with Crippen LogP contribution in [0.3, 0.4) is 0 Å². The molecular formula is C24H27F. The molecule has 0 fully saturated rings. The van der Waals surface area contributed by atoms with Gasteiger partial charge in [0.15, 0.2) is 0 Å². The molecule has 0 aliphatic carbocycles. The molecule has 1 heteroatoms. The molecule has 2 rings (SSSR count). The summed E-state index contributed by atoms with van der Waals surface area (Å²) < 4.78 is 14.5. The molecule has 0 heterocycles. The van der Waals surface area contributed by atoms with Crippen LogP contribution in [0.1, 0.15) is 38.7 Å². The van der Waals surface area contributed by atoms with E-state index in [2.05, 4.69) is 27.0 Å². The summed E-state index contributed by atoms with van der Waals surface area (Å²) in [6, 6.07) is 14.9. The average molecular weight is 334 g/mol. The fourth-order valence-corrected chi connectivity index (χ4v) is 2.73. The van der Waals surface area contributed by atoms with Crippen LogP contribution in [0.2, 0.25) is 0 Å². The van der Waals surface area contributed by atoms with E-state index in [0.717, 1.165) is 28.7 Å². The van der Waals surface area contributed by atoms with Gasteiger partial charge < -0.3 is 0 Å². The SMILES string of the molecule is C=C(/C=C\C(=C)C(C)CCCC)c1ccc(-c2ccccc2)c(F)c1. The van der Waals surface area contributed by atoms with Gasteiger partial charge in [0, 0.05) is 5.56 Å². The van der Waals surface area contributed by atoms with Crippen molar-refractivity contribution < 1.29 is 4.39 Å². The Morgan fingerprint density at radius 2 is 1.80 bits per heavy atom. The third-order valence-electron chi connectivity index (χ3n) is 4.55.